The second-order valence-corrected chi connectivity index (χ2v) is 14.5. The molecule has 5 aromatic carbocycles. The first-order valence-corrected chi connectivity index (χ1v) is 19.6. The Kier molecular flexibility index (Phi) is 13.7. The molecule has 0 radical (unpaired) electrons. The smallest absolute Gasteiger partial charge is 0.407 e. The maximum absolute atomic E-state index is 14.7. The number of amides is 4. The summed E-state index contributed by atoms with van der Waals surface area (Å²) in [7, 11) is 4.50. The van der Waals surface area contributed by atoms with Crippen LogP contribution in [0.15, 0.2) is 103 Å². The van der Waals surface area contributed by atoms with Crippen LogP contribution in [0.4, 0.5) is 16.2 Å². The number of nitrogens with one attached hydrogen (secondary N) is 3. The number of carbonyl (C=O) groups is 5. The molecule has 60 heavy (non-hydrogen) atoms. The molecular formula is C46H48ClN5O8. The van der Waals surface area contributed by atoms with Crippen molar-refractivity contribution in [1.82, 2.24) is 16.0 Å². The number of likely N-dealkylation sites (N-methyl/N-ethyl adjacent to an activating group) is 1. The van der Waals surface area contributed by atoms with Crippen molar-refractivity contribution >= 4 is 64.3 Å². The zero-order valence-electron chi connectivity index (χ0n) is 33.9. The van der Waals surface area contributed by atoms with E-state index in [2.05, 4.69) is 40.2 Å². The van der Waals surface area contributed by atoms with Gasteiger partial charge in [0.15, 0.2) is 0 Å². The fraction of sp³-hybridized carbons (Fsp3) is 0.283. The molecule has 4 amide bonds. The summed E-state index contributed by atoms with van der Waals surface area (Å²) >= 11 is 0. The molecule has 0 spiro atoms. The topological polar surface area (TPSA) is 156 Å². The van der Waals surface area contributed by atoms with Gasteiger partial charge in [-0.2, -0.15) is 0 Å². The standard InChI is InChI=1S/C46H47N5O8.ClH/c1-28(47-2)43(53)49-38-26-50(42(52)18-11-23-48-46(56)59-27-37-34-14-7-5-12-32(34)33-13-6-8-15-35(33)37)39-16-9-10-17-40(39)51(44(38)54)25-36-31-21-19-30(45(55)58-4)24-29(31)20-22-41(36)57-3;/h5-10,12-17,19-22,24,28,37-38,47H,11,18,23,25-27H2,1-4H3,(H,48,56)(H,49,53);1H. The summed E-state index contributed by atoms with van der Waals surface area (Å²) in [4.78, 5) is 70.4. The molecule has 3 N–H and O–H groups in total. The molecule has 0 saturated heterocycles. The summed E-state index contributed by atoms with van der Waals surface area (Å²) < 4.78 is 16.4. The fourth-order valence-electron chi connectivity index (χ4n) is 7.87. The molecular weight excluding hydrogens is 786 g/mol. The molecule has 312 valence electrons. The second kappa shape index (κ2) is 19.1. The van der Waals surface area contributed by atoms with Crippen LogP contribution in [0.1, 0.15) is 52.7 Å². The van der Waals surface area contributed by atoms with E-state index in [9.17, 15) is 24.0 Å². The predicted octanol–water partition coefficient (Wildman–Crippen LogP) is 6.35. The van der Waals surface area contributed by atoms with E-state index in [4.69, 9.17) is 14.2 Å². The zero-order chi connectivity index (χ0) is 41.6. The average Bonchev–Trinajstić information content (AvgIpc) is 3.53. The number of hydrogen-bond acceptors (Lipinski definition) is 9. The molecule has 1 aliphatic heterocycles. The SMILES string of the molecule is CNC(C)C(=O)NC1CN(C(=O)CCCNC(=O)OCC2c3ccccc3-c3ccccc32)c2ccccc2N(Cc2c(OC)ccc3cc(C(=O)OC)ccc23)C1=O.Cl. The number of methoxy groups -OCH3 is 2. The first-order chi connectivity index (χ1) is 28.6. The summed E-state index contributed by atoms with van der Waals surface area (Å²) in [6, 6.07) is 30.4. The van der Waals surface area contributed by atoms with E-state index < -0.39 is 36.0 Å². The van der Waals surface area contributed by atoms with E-state index >= 15 is 0 Å². The highest BCUT2D eigenvalue weighted by molar-refractivity contribution is 6.08. The number of benzene rings is 5. The Bertz CT molecular complexity index is 2380. The molecule has 1 aliphatic carbocycles. The van der Waals surface area contributed by atoms with Crippen LogP contribution in [-0.2, 0) is 30.4 Å². The molecule has 2 unspecified atom stereocenters. The Labute approximate surface area is 354 Å². The summed E-state index contributed by atoms with van der Waals surface area (Å²) in [6.07, 6.45) is -0.236. The predicted molar refractivity (Wildman–Crippen MR) is 232 cm³/mol. The maximum atomic E-state index is 14.7. The van der Waals surface area contributed by atoms with Crippen LogP contribution in [0.3, 0.4) is 0 Å². The third kappa shape index (κ3) is 8.77. The summed E-state index contributed by atoms with van der Waals surface area (Å²) in [6.45, 7) is 1.93. The first-order valence-electron chi connectivity index (χ1n) is 19.6. The van der Waals surface area contributed by atoms with Crippen LogP contribution in [0.5, 0.6) is 5.75 Å². The second-order valence-electron chi connectivity index (χ2n) is 14.5. The van der Waals surface area contributed by atoms with Gasteiger partial charge in [-0.3, -0.25) is 14.4 Å². The number of nitrogens with zero attached hydrogens (tertiary/aromatic N) is 2. The number of para-hydroxylation sites is 2. The van der Waals surface area contributed by atoms with Crippen LogP contribution < -0.4 is 30.5 Å². The minimum atomic E-state index is -1.11. The number of fused-ring (bicyclic) bond motifs is 5. The molecule has 13 nitrogen and oxygen atoms in total. The number of alkyl carbamates (subject to hydrolysis) is 1. The van der Waals surface area contributed by atoms with Crippen LogP contribution in [-0.4, -0.2) is 82.8 Å². The Hall–Kier alpha value is -6.44. The lowest BCUT2D eigenvalue weighted by Gasteiger charge is -2.27. The summed E-state index contributed by atoms with van der Waals surface area (Å²) in [5, 5.41) is 10.0. The number of ether oxygens (including phenoxy) is 3. The minimum Gasteiger partial charge on any atom is -0.496 e. The molecule has 1 heterocycles. The van der Waals surface area contributed by atoms with Crippen molar-refractivity contribution in [1.29, 1.82) is 0 Å². The van der Waals surface area contributed by atoms with E-state index in [0.29, 0.717) is 34.7 Å². The van der Waals surface area contributed by atoms with Crippen molar-refractivity contribution in [3.8, 4) is 16.9 Å². The Balaban J connectivity index is 0.00000604. The van der Waals surface area contributed by atoms with Gasteiger partial charge in [0.2, 0.25) is 11.8 Å². The third-order valence-electron chi connectivity index (χ3n) is 11.1. The Morgan fingerprint density at radius 2 is 1.52 bits per heavy atom. The van der Waals surface area contributed by atoms with Gasteiger partial charge in [-0.15, -0.1) is 12.4 Å². The molecule has 14 heteroatoms. The minimum absolute atomic E-state index is 0. The zero-order valence-corrected chi connectivity index (χ0v) is 34.7. The number of carbonyl (C=O) groups excluding carboxylic acids is 5. The summed E-state index contributed by atoms with van der Waals surface area (Å²) in [5.41, 5.74) is 6.49. The van der Waals surface area contributed by atoms with Gasteiger partial charge < -0.3 is 40.0 Å². The molecule has 5 aromatic rings. The van der Waals surface area contributed by atoms with Gasteiger partial charge in [0.25, 0.3) is 5.91 Å². The largest absolute Gasteiger partial charge is 0.496 e. The van der Waals surface area contributed by atoms with Gasteiger partial charge in [-0.25, -0.2) is 9.59 Å². The van der Waals surface area contributed by atoms with E-state index in [1.165, 1.54) is 19.1 Å². The van der Waals surface area contributed by atoms with Crippen molar-refractivity contribution in [3.63, 3.8) is 0 Å². The maximum Gasteiger partial charge on any atom is 0.407 e. The van der Waals surface area contributed by atoms with Gasteiger partial charge in [-0.05, 0) is 83.8 Å². The molecule has 0 fully saturated rings. The summed E-state index contributed by atoms with van der Waals surface area (Å²) in [5.74, 6) is -1.17. The lowest BCUT2D eigenvalue weighted by molar-refractivity contribution is -0.128. The van der Waals surface area contributed by atoms with Crippen molar-refractivity contribution in [2.24, 2.45) is 0 Å². The average molecular weight is 834 g/mol. The number of rotatable bonds is 13. The highest BCUT2D eigenvalue weighted by Crippen LogP contribution is 2.44. The van der Waals surface area contributed by atoms with Gasteiger partial charge in [0.1, 0.15) is 18.4 Å². The molecule has 0 bridgehead atoms. The molecule has 0 saturated carbocycles. The molecule has 0 aromatic heterocycles. The fourth-order valence-corrected chi connectivity index (χ4v) is 7.87. The van der Waals surface area contributed by atoms with Crippen LogP contribution in [0.25, 0.3) is 21.9 Å². The quantitative estimate of drug-likeness (QED) is 0.0910. The molecule has 2 aliphatic rings. The Morgan fingerprint density at radius 1 is 0.850 bits per heavy atom. The van der Waals surface area contributed by atoms with Crippen molar-refractivity contribution in [2.75, 3.05) is 50.8 Å². The van der Waals surface area contributed by atoms with Crippen LogP contribution >= 0.6 is 12.4 Å². The first kappa shape index (κ1) is 43.1. The van der Waals surface area contributed by atoms with E-state index in [1.54, 1.807) is 67.4 Å². The number of anilines is 2. The highest BCUT2D eigenvalue weighted by Gasteiger charge is 2.38. The highest BCUT2D eigenvalue weighted by atomic mass is 35.5. The van der Waals surface area contributed by atoms with E-state index in [1.807, 2.05) is 30.3 Å². The van der Waals surface area contributed by atoms with Gasteiger partial charge >= 0.3 is 12.1 Å². The number of esters is 1. The van der Waals surface area contributed by atoms with Crippen LogP contribution in [0, 0.1) is 0 Å². The van der Waals surface area contributed by atoms with Gasteiger partial charge in [0, 0.05) is 24.4 Å². The monoisotopic (exact) mass is 833 g/mol. The number of hydrogen-bond donors (Lipinski definition) is 3. The Morgan fingerprint density at radius 3 is 2.18 bits per heavy atom. The van der Waals surface area contributed by atoms with E-state index in [-0.39, 0.29) is 56.9 Å². The molecule has 7 rings (SSSR count). The van der Waals surface area contributed by atoms with Gasteiger partial charge in [0.05, 0.1) is 50.3 Å². The third-order valence-corrected chi connectivity index (χ3v) is 11.1. The lowest BCUT2D eigenvalue weighted by atomic mass is 9.98. The van der Waals surface area contributed by atoms with E-state index in [0.717, 1.165) is 33.0 Å². The van der Waals surface area contributed by atoms with Crippen molar-refractivity contribution in [2.45, 2.75) is 44.3 Å². The normalized spacial score (nSPS) is 14.8. The van der Waals surface area contributed by atoms with Crippen molar-refractivity contribution < 1.29 is 38.2 Å². The molecule has 2 atom stereocenters. The van der Waals surface area contributed by atoms with Gasteiger partial charge in [-0.1, -0.05) is 72.8 Å². The lowest BCUT2D eigenvalue weighted by Crippen LogP contribution is -2.55. The van der Waals surface area contributed by atoms with Crippen molar-refractivity contribution in [3.05, 3.63) is 125 Å². The van der Waals surface area contributed by atoms with Crippen LogP contribution in [0.2, 0.25) is 0 Å². The number of halogens is 1.